The molecule has 0 radical (unpaired) electrons. The third kappa shape index (κ3) is 4.53. The van der Waals surface area contributed by atoms with Gasteiger partial charge in [-0.15, -0.1) is 0 Å². The number of rotatable bonds is 6. The first-order valence-corrected chi connectivity index (χ1v) is 12.8. The fourth-order valence-electron chi connectivity index (χ4n) is 4.21. The van der Waals surface area contributed by atoms with E-state index in [2.05, 4.69) is 5.32 Å². The minimum absolute atomic E-state index is 0.0657. The minimum atomic E-state index is -3.36. The Hall–Kier alpha value is -2.75. The molecule has 2 heterocycles. The highest BCUT2D eigenvalue weighted by Gasteiger charge is 2.37. The van der Waals surface area contributed by atoms with E-state index >= 15 is 0 Å². The van der Waals surface area contributed by atoms with Crippen LogP contribution in [0.15, 0.2) is 42.5 Å². The smallest absolute Gasteiger partial charge is 0.266 e. The van der Waals surface area contributed by atoms with Crippen LogP contribution in [0.5, 0.6) is 0 Å². The van der Waals surface area contributed by atoms with Crippen molar-refractivity contribution in [3.8, 4) is 0 Å². The first-order chi connectivity index (χ1) is 15.7. The number of hydrogen-bond donors (Lipinski definition) is 1. The average molecular weight is 490 g/mol. The van der Waals surface area contributed by atoms with Crippen molar-refractivity contribution in [2.75, 3.05) is 29.1 Å². The van der Waals surface area contributed by atoms with E-state index in [-0.39, 0.29) is 28.9 Å². The Morgan fingerprint density at radius 1 is 1.12 bits per heavy atom. The maximum absolute atomic E-state index is 12.8. The van der Waals surface area contributed by atoms with E-state index in [4.69, 9.17) is 11.6 Å². The molecule has 10 heteroatoms. The lowest BCUT2D eigenvalue weighted by molar-refractivity contribution is -0.120. The molecule has 3 amide bonds. The number of amides is 3. The van der Waals surface area contributed by atoms with Gasteiger partial charge in [-0.1, -0.05) is 30.7 Å². The second kappa shape index (κ2) is 9.24. The number of piperidine rings is 1. The number of nitrogens with zero attached hydrogens (tertiary/aromatic N) is 2. The molecule has 0 aliphatic carbocycles. The van der Waals surface area contributed by atoms with Crippen LogP contribution in [0.4, 0.5) is 11.4 Å². The van der Waals surface area contributed by atoms with E-state index in [1.165, 1.54) is 16.4 Å². The highest BCUT2D eigenvalue weighted by Crippen LogP contribution is 2.35. The number of nitrogens with one attached hydrogen (secondary N) is 1. The van der Waals surface area contributed by atoms with Crippen molar-refractivity contribution in [3.63, 3.8) is 0 Å². The van der Waals surface area contributed by atoms with Crippen LogP contribution in [0, 0.1) is 5.92 Å². The van der Waals surface area contributed by atoms with Gasteiger partial charge in [0.1, 0.15) is 0 Å². The van der Waals surface area contributed by atoms with Gasteiger partial charge in [0, 0.05) is 18.8 Å². The Morgan fingerprint density at radius 3 is 2.39 bits per heavy atom. The Labute approximate surface area is 197 Å². The van der Waals surface area contributed by atoms with Gasteiger partial charge in [-0.3, -0.25) is 14.4 Å². The number of hydrogen-bond acceptors (Lipinski definition) is 5. The minimum Gasteiger partial charge on any atom is -0.326 e. The molecule has 174 valence electrons. The van der Waals surface area contributed by atoms with E-state index in [1.807, 2.05) is 0 Å². The van der Waals surface area contributed by atoms with Crippen LogP contribution in [-0.4, -0.2) is 49.3 Å². The van der Waals surface area contributed by atoms with E-state index in [0.29, 0.717) is 42.6 Å². The molecule has 0 aromatic heterocycles. The zero-order valence-electron chi connectivity index (χ0n) is 18.1. The molecule has 2 aliphatic rings. The fourth-order valence-corrected chi connectivity index (χ4v) is 6.07. The molecule has 1 fully saturated rings. The summed E-state index contributed by atoms with van der Waals surface area (Å²) in [5, 5.41) is 2.92. The maximum atomic E-state index is 12.8. The summed E-state index contributed by atoms with van der Waals surface area (Å²) in [7, 11) is -3.36. The second-order valence-corrected chi connectivity index (χ2v) is 10.7. The monoisotopic (exact) mass is 489 g/mol. The standard InChI is InChI=1S/C23H24ClN3O5S/c1-2-12-33(31,32)26-11-5-6-15(14-26)21(28)25-16-9-10-20(19(24)13-16)27-22(29)17-7-3-4-8-18(17)23(27)30/h3-4,7-10,13,15H,2,5-6,11-12,14H2,1H3,(H,25,28). The van der Waals surface area contributed by atoms with Gasteiger partial charge >= 0.3 is 0 Å². The van der Waals surface area contributed by atoms with Crippen molar-refractivity contribution in [1.82, 2.24) is 4.31 Å². The number of carbonyl (C=O) groups excluding carboxylic acids is 3. The summed E-state index contributed by atoms with van der Waals surface area (Å²) in [4.78, 5) is 39.3. The molecule has 4 rings (SSSR count). The summed E-state index contributed by atoms with van der Waals surface area (Å²) >= 11 is 6.38. The normalized spacial score (nSPS) is 19.0. The van der Waals surface area contributed by atoms with Crippen molar-refractivity contribution in [2.24, 2.45) is 5.92 Å². The Balaban J connectivity index is 1.48. The van der Waals surface area contributed by atoms with E-state index in [1.54, 1.807) is 37.3 Å². The van der Waals surface area contributed by atoms with Gasteiger partial charge in [0.2, 0.25) is 15.9 Å². The molecule has 0 bridgehead atoms. The number of anilines is 2. The molecule has 0 spiro atoms. The Kier molecular flexibility index (Phi) is 6.56. The first-order valence-electron chi connectivity index (χ1n) is 10.8. The maximum Gasteiger partial charge on any atom is 0.266 e. The molecule has 2 aliphatic heterocycles. The number of carbonyl (C=O) groups is 3. The van der Waals surface area contributed by atoms with Gasteiger partial charge in [-0.25, -0.2) is 17.6 Å². The molecule has 1 saturated heterocycles. The van der Waals surface area contributed by atoms with Gasteiger partial charge < -0.3 is 5.32 Å². The number of benzene rings is 2. The van der Waals surface area contributed by atoms with Crippen LogP contribution >= 0.6 is 11.6 Å². The third-order valence-corrected chi connectivity index (χ3v) is 8.21. The molecule has 8 nitrogen and oxygen atoms in total. The Bertz CT molecular complexity index is 1200. The largest absolute Gasteiger partial charge is 0.326 e. The lowest BCUT2D eigenvalue weighted by Gasteiger charge is -2.31. The first kappa shape index (κ1) is 23.4. The topological polar surface area (TPSA) is 104 Å². The highest BCUT2D eigenvalue weighted by molar-refractivity contribution is 7.89. The number of fused-ring (bicyclic) bond motifs is 1. The molecule has 0 saturated carbocycles. The van der Waals surface area contributed by atoms with Crippen molar-refractivity contribution >= 4 is 50.7 Å². The van der Waals surface area contributed by atoms with E-state index < -0.39 is 27.8 Å². The molecular formula is C23H24ClN3O5S. The molecule has 1 atom stereocenters. The molecule has 1 N–H and O–H groups in total. The Morgan fingerprint density at radius 2 is 1.79 bits per heavy atom. The average Bonchev–Trinajstić information content (AvgIpc) is 3.04. The van der Waals surface area contributed by atoms with Crippen LogP contribution in [0.25, 0.3) is 0 Å². The lowest BCUT2D eigenvalue weighted by atomic mass is 9.98. The summed E-state index contributed by atoms with van der Waals surface area (Å²) in [6, 6.07) is 11.1. The number of imide groups is 1. The van der Waals surface area contributed by atoms with Gasteiger partial charge in [-0.05, 0) is 49.6 Å². The predicted molar refractivity (Wildman–Crippen MR) is 126 cm³/mol. The van der Waals surface area contributed by atoms with Crippen molar-refractivity contribution in [1.29, 1.82) is 0 Å². The SMILES string of the molecule is CCCS(=O)(=O)N1CCCC(C(=O)Nc2ccc(N3C(=O)c4ccccc4C3=O)c(Cl)c2)C1. The predicted octanol–water partition coefficient (Wildman–Crippen LogP) is 3.53. The zero-order chi connectivity index (χ0) is 23.8. The molecule has 33 heavy (non-hydrogen) atoms. The van der Waals surface area contributed by atoms with Crippen LogP contribution in [0.2, 0.25) is 5.02 Å². The van der Waals surface area contributed by atoms with Gasteiger partial charge in [-0.2, -0.15) is 0 Å². The van der Waals surface area contributed by atoms with Crippen LogP contribution < -0.4 is 10.2 Å². The van der Waals surface area contributed by atoms with Gasteiger partial charge in [0.25, 0.3) is 11.8 Å². The molecule has 2 aromatic rings. The summed E-state index contributed by atoms with van der Waals surface area (Å²) < 4.78 is 26.1. The number of sulfonamides is 1. The van der Waals surface area contributed by atoms with E-state index in [0.717, 1.165) is 4.90 Å². The van der Waals surface area contributed by atoms with Crippen molar-refractivity contribution in [3.05, 3.63) is 58.6 Å². The lowest BCUT2D eigenvalue weighted by Crippen LogP contribution is -2.44. The summed E-state index contributed by atoms with van der Waals surface area (Å²) in [6.45, 7) is 2.38. The summed E-state index contributed by atoms with van der Waals surface area (Å²) in [6.07, 6.45) is 1.72. The van der Waals surface area contributed by atoms with Gasteiger partial charge in [0.15, 0.2) is 0 Å². The molecule has 2 aromatic carbocycles. The van der Waals surface area contributed by atoms with Crippen molar-refractivity contribution < 1.29 is 22.8 Å². The van der Waals surface area contributed by atoms with Crippen LogP contribution in [0.1, 0.15) is 46.9 Å². The van der Waals surface area contributed by atoms with Gasteiger partial charge in [0.05, 0.1) is 33.5 Å². The third-order valence-electron chi connectivity index (χ3n) is 5.86. The fraction of sp³-hybridized carbons (Fsp3) is 0.348. The quantitative estimate of drug-likeness (QED) is 0.625. The second-order valence-electron chi connectivity index (χ2n) is 8.16. The molecule has 1 unspecified atom stereocenters. The number of halogens is 1. The van der Waals surface area contributed by atoms with Crippen molar-refractivity contribution in [2.45, 2.75) is 26.2 Å². The van der Waals surface area contributed by atoms with E-state index in [9.17, 15) is 22.8 Å². The van der Waals surface area contributed by atoms with Crippen LogP contribution in [0.3, 0.4) is 0 Å². The molecular weight excluding hydrogens is 466 g/mol. The highest BCUT2D eigenvalue weighted by atomic mass is 35.5. The summed E-state index contributed by atoms with van der Waals surface area (Å²) in [5.74, 6) is -1.61. The zero-order valence-corrected chi connectivity index (χ0v) is 19.7. The van der Waals surface area contributed by atoms with Crippen LogP contribution in [-0.2, 0) is 14.8 Å². The summed E-state index contributed by atoms with van der Waals surface area (Å²) in [5.41, 5.74) is 1.26.